The molecule has 1 N–H and O–H groups in total. The number of hydrogen-bond acceptors (Lipinski definition) is 7. The molecule has 0 spiro atoms. The summed E-state index contributed by atoms with van der Waals surface area (Å²) in [5.41, 5.74) is -0.0392. The van der Waals surface area contributed by atoms with E-state index in [-0.39, 0.29) is 16.6 Å². The summed E-state index contributed by atoms with van der Waals surface area (Å²) in [6.07, 6.45) is 0.532. The van der Waals surface area contributed by atoms with Crippen LogP contribution in [0.3, 0.4) is 0 Å². The van der Waals surface area contributed by atoms with Crippen LogP contribution in [-0.4, -0.2) is 67.9 Å². The first-order valence-electron chi connectivity index (χ1n) is 7.75. The van der Waals surface area contributed by atoms with Gasteiger partial charge in [0.2, 0.25) is 0 Å². The highest BCUT2D eigenvalue weighted by Gasteiger charge is 2.32. The fourth-order valence-electron chi connectivity index (χ4n) is 3.07. The van der Waals surface area contributed by atoms with Gasteiger partial charge in [0.05, 0.1) is 11.0 Å². The van der Waals surface area contributed by atoms with E-state index in [1.165, 1.54) is 12.1 Å². The molecule has 24 heavy (non-hydrogen) atoms. The number of nitro benzene ring substituents is 1. The Bertz CT molecular complexity index is 720. The van der Waals surface area contributed by atoms with Crippen molar-refractivity contribution in [3.05, 3.63) is 28.3 Å². The number of benzene rings is 1. The zero-order valence-electron chi connectivity index (χ0n) is 14.0. The third-order valence-corrected chi connectivity index (χ3v) is 5.29. The molecule has 0 aliphatic carbocycles. The van der Waals surface area contributed by atoms with Gasteiger partial charge in [0, 0.05) is 38.5 Å². The quantitative estimate of drug-likeness (QED) is 0.616. The minimum absolute atomic E-state index is 0.0924. The van der Waals surface area contributed by atoms with Crippen molar-refractivity contribution in [1.29, 1.82) is 0 Å². The second-order valence-corrected chi connectivity index (χ2v) is 8.28. The van der Waals surface area contributed by atoms with E-state index in [9.17, 15) is 23.6 Å². The van der Waals surface area contributed by atoms with E-state index in [4.69, 9.17) is 0 Å². The lowest BCUT2D eigenvalue weighted by Gasteiger charge is -2.41. The largest absolute Gasteiger partial charge is 0.392 e. The summed E-state index contributed by atoms with van der Waals surface area (Å²) in [6, 6.07) is 4.48. The monoisotopic (exact) mass is 357 g/mol. The molecule has 0 radical (unpaired) electrons. The molecule has 2 atom stereocenters. The van der Waals surface area contributed by atoms with Crippen LogP contribution in [-0.2, 0) is 9.84 Å². The van der Waals surface area contributed by atoms with Crippen molar-refractivity contribution >= 4 is 21.2 Å². The van der Waals surface area contributed by atoms with Crippen LogP contribution < -0.4 is 4.90 Å². The molecule has 2 rings (SSSR count). The van der Waals surface area contributed by atoms with E-state index >= 15 is 0 Å². The molecular weight excluding hydrogens is 334 g/mol. The number of aliphatic hydroxyl groups excluding tert-OH is 1. The number of nitro groups is 1. The Morgan fingerprint density at radius 3 is 2.58 bits per heavy atom. The van der Waals surface area contributed by atoms with Gasteiger partial charge in [-0.1, -0.05) is 6.07 Å². The van der Waals surface area contributed by atoms with Crippen LogP contribution in [0.1, 0.15) is 13.8 Å². The third-order valence-electron chi connectivity index (χ3n) is 4.16. The predicted molar refractivity (Wildman–Crippen MR) is 91.1 cm³/mol. The van der Waals surface area contributed by atoms with Crippen LogP contribution in [0.25, 0.3) is 0 Å². The van der Waals surface area contributed by atoms with Gasteiger partial charge in [0.15, 0.2) is 9.84 Å². The van der Waals surface area contributed by atoms with E-state index in [2.05, 4.69) is 4.90 Å². The smallest absolute Gasteiger partial charge is 0.311 e. The van der Waals surface area contributed by atoms with Gasteiger partial charge in [-0.25, -0.2) is 8.42 Å². The fourth-order valence-corrected chi connectivity index (χ4v) is 3.93. The topological polar surface area (TPSA) is 104 Å². The number of rotatable bonds is 5. The van der Waals surface area contributed by atoms with Gasteiger partial charge in [-0.2, -0.15) is 0 Å². The Kier molecular flexibility index (Phi) is 5.46. The average molecular weight is 357 g/mol. The summed E-state index contributed by atoms with van der Waals surface area (Å²) in [5, 5.41) is 21.0. The van der Waals surface area contributed by atoms with Crippen molar-refractivity contribution in [2.24, 2.45) is 0 Å². The maximum atomic E-state index is 11.9. The first-order valence-corrected chi connectivity index (χ1v) is 9.65. The second-order valence-electron chi connectivity index (χ2n) is 6.29. The molecular formula is C15H23N3O5S. The van der Waals surface area contributed by atoms with E-state index in [1.54, 1.807) is 13.0 Å². The summed E-state index contributed by atoms with van der Waals surface area (Å²) in [4.78, 5) is 14.6. The van der Waals surface area contributed by atoms with Crippen LogP contribution in [0.2, 0.25) is 0 Å². The molecule has 1 aromatic rings. The van der Waals surface area contributed by atoms with Crippen molar-refractivity contribution in [3.63, 3.8) is 0 Å². The molecule has 2 unspecified atom stereocenters. The van der Waals surface area contributed by atoms with E-state index < -0.39 is 20.9 Å². The molecule has 1 aromatic carbocycles. The standard InChI is InChI=1S/C15H23N3O5S/c1-11-9-17(8-7-16(11)10-12(2)19)13-5-4-6-14(24(3,22)23)15(13)18(20)21/h4-6,11-12,19H,7-10H2,1-3H3. The van der Waals surface area contributed by atoms with E-state index in [0.29, 0.717) is 31.9 Å². The molecule has 0 amide bonds. The number of sulfone groups is 1. The van der Waals surface area contributed by atoms with Crippen LogP contribution in [0.5, 0.6) is 0 Å². The second kappa shape index (κ2) is 7.04. The lowest BCUT2D eigenvalue weighted by Crippen LogP contribution is -2.53. The van der Waals surface area contributed by atoms with Crippen molar-refractivity contribution in [2.45, 2.75) is 30.9 Å². The summed E-state index contributed by atoms with van der Waals surface area (Å²) >= 11 is 0. The minimum atomic E-state index is -3.69. The van der Waals surface area contributed by atoms with Crippen LogP contribution in [0.15, 0.2) is 23.1 Å². The molecule has 1 heterocycles. The summed E-state index contributed by atoms with van der Waals surface area (Å²) < 4.78 is 23.7. The number of hydrogen-bond donors (Lipinski definition) is 1. The number of β-amino-alcohol motifs (C(OH)–C–C–N with tert-alkyl or cyclic N) is 1. The molecule has 1 saturated heterocycles. The summed E-state index contributed by atoms with van der Waals surface area (Å²) in [5.74, 6) is 0. The highest BCUT2D eigenvalue weighted by Crippen LogP contribution is 2.35. The van der Waals surface area contributed by atoms with Crippen LogP contribution in [0.4, 0.5) is 11.4 Å². The maximum Gasteiger partial charge on any atom is 0.311 e. The SMILES string of the molecule is CC(O)CN1CCN(c2cccc(S(C)(=O)=O)c2[N+](=O)[O-])CC1C. The lowest BCUT2D eigenvalue weighted by molar-refractivity contribution is -0.387. The van der Waals surface area contributed by atoms with E-state index in [0.717, 1.165) is 6.26 Å². The van der Waals surface area contributed by atoms with Gasteiger partial charge in [-0.15, -0.1) is 0 Å². The average Bonchev–Trinajstić information content (AvgIpc) is 2.47. The molecule has 8 nitrogen and oxygen atoms in total. The maximum absolute atomic E-state index is 11.9. The van der Waals surface area contributed by atoms with Crippen LogP contribution in [0, 0.1) is 10.1 Å². The zero-order chi connectivity index (χ0) is 18.1. The first kappa shape index (κ1) is 18.6. The number of anilines is 1. The van der Waals surface area contributed by atoms with Gasteiger partial charge in [-0.05, 0) is 26.0 Å². The fraction of sp³-hybridized carbons (Fsp3) is 0.600. The Balaban J connectivity index is 2.35. The normalized spacial score (nSPS) is 20.8. The molecule has 9 heteroatoms. The van der Waals surface area contributed by atoms with Crippen LogP contribution >= 0.6 is 0 Å². The van der Waals surface area contributed by atoms with Crippen molar-refractivity contribution < 1.29 is 18.4 Å². The number of nitrogens with zero attached hydrogens (tertiary/aromatic N) is 3. The Morgan fingerprint density at radius 2 is 2.08 bits per heavy atom. The van der Waals surface area contributed by atoms with Crippen molar-refractivity contribution in [1.82, 2.24) is 4.90 Å². The summed E-state index contributed by atoms with van der Waals surface area (Å²) in [6.45, 7) is 5.96. The number of para-hydroxylation sites is 1. The molecule has 134 valence electrons. The Hall–Kier alpha value is -1.71. The zero-order valence-corrected chi connectivity index (χ0v) is 14.9. The minimum Gasteiger partial charge on any atom is -0.392 e. The molecule has 1 fully saturated rings. The molecule has 0 aromatic heterocycles. The predicted octanol–water partition coefficient (Wildman–Crippen LogP) is 0.890. The lowest BCUT2D eigenvalue weighted by atomic mass is 10.1. The van der Waals surface area contributed by atoms with Gasteiger partial charge in [0.1, 0.15) is 10.6 Å². The summed E-state index contributed by atoms with van der Waals surface area (Å²) in [7, 11) is -3.69. The van der Waals surface area contributed by atoms with Crippen molar-refractivity contribution in [2.75, 3.05) is 37.3 Å². The number of piperazine rings is 1. The van der Waals surface area contributed by atoms with Gasteiger partial charge in [-0.3, -0.25) is 15.0 Å². The van der Waals surface area contributed by atoms with E-state index in [1.807, 2.05) is 11.8 Å². The number of aliphatic hydroxyl groups is 1. The third kappa shape index (κ3) is 4.03. The van der Waals surface area contributed by atoms with Gasteiger partial charge >= 0.3 is 5.69 Å². The molecule has 0 bridgehead atoms. The highest BCUT2D eigenvalue weighted by atomic mass is 32.2. The van der Waals surface area contributed by atoms with Gasteiger partial charge < -0.3 is 10.0 Å². The van der Waals surface area contributed by atoms with Crippen molar-refractivity contribution in [3.8, 4) is 0 Å². The molecule has 1 aliphatic heterocycles. The first-order chi connectivity index (χ1) is 11.1. The Labute approximate surface area is 141 Å². The molecule has 0 saturated carbocycles. The highest BCUT2D eigenvalue weighted by molar-refractivity contribution is 7.90. The Morgan fingerprint density at radius 1 is 1.42 bits per heavy atom. The van der Waals surface area contributed by atoms with Gasteiger partial charge in [0.25, 0.3) is 0 Å². The molecule has 1 aliphatic rings.